The summed E-state index contributed by atoms with van der Waals surface area (Å²) in [4.78, 5) is 16.2. The number of carbonyl (C=O) groups is 1. The summed E-state index contributed by atoms with van der Waals surface area (Å²) in [6, 6.07) is 8.78. The van der Waals surface area contributed by atoms with Crippen LogP contribution in [0, 0.1) is 0 Å². The summed E-state index contributed by atoms with van der Waals surface area (Å²) in [5.74, 6) is 0.561. The Hall–Kier alpha value is -2.60. The molecule has 6 heteroatoms. The number of nitrogens with zero attached hydrogens (tertiary/aromatic N) is 1. The van der Waals surface area contributed by atoms with Gasteiger partial charge in [-0.05, 0) is 50.6 Å². The lowest BCUT2D eigenvalue weighted by Gasteiger charge is -2.20. The maximum atomic E-state index is 11.9. The molecule has 0 aliphatic rings. The molecule has 0 radical (unpaired) electrons. The first-order valence-corrected chi connectivity index (χ1v) is 7.56. The van der Waals surface area contributed by atoms with Gasteiger partial charge in [-0.3, -0.25) is 10.3 Å². The van der Waals surface area contributed by atoms with Crippen LogP contribution in [-0.2, 0) is 11.3 Å². The molecule has 1 aromatic carbocycles. The minimum atomic E-state index is -0.567. The summed E-state index contributed by atoms with van der Waals surface area (Å²) in [6.07, 6.45) is 1.10. The van der Waals surface area contributed by atoms with E-state index in [9.17, 15) is 9.90 Å². The molecule has 1 amide bonds. The number of amides is 1. The lowest BCUT2D eigenvalue weighted by atomic mass is 10.1. The van der Waals surface area contributed by atoms with Crippen LogP contribution < -0.4 is 10.1 Å². The van der Waals surface area contributed by atoms with Crippen molar-refractivity contribution in [1.29, 1.82) is 0 Å². The van der Waals surface area contributed by atoms with E-state index in [0.717, 1.165) is 11.1 Å². The second kappa shape index (κ2) is 7.31. The number of hydrogen-bond acceptors (Lipinski definition) is 5. The van der Waals surface area contributed by atoms with E-state index in [2.05, 4.69) is 10.3 Å². The third-order valence-corrected chi connectivity index (χ3v) is 3.13. The molecular weight excluding hydrogens is 308 g/mol. The van der Waals surface area contributed by atoms with Crippen LogP contribution in [0.1, 0.15) is 26.3 Å². The number of ether oxygens (including phenoxy) is 2. The summed E-state index contributed by atoms with van der Waals surface area (Å²) in [5.41, 5.74) is 2.20. The third kappa shape index (κ3) is 4.70. The standard InChI is InChI=1S/C18H22N2O4/c1-18(2,3)24-17(22)20-13-5-6-14(16(10-13)23-4)15-9-12(11-21)7-8-19-15/h5-10,21H,11H2,1-4H3,(H,20,22). The van der Waals surface area contributed by atoms with Gasteiger partial charge in [0, 0.05) is 23.5 Å². The highest BCUT2D eigenvalue weighted by atomic mass is 16.6. The van der Waals surface area contributed by atoms with Crippen molar-refractivity contribution in [3.8, 4) is 17.0 Å². The summed E-state index contributed by atoms with van der Waals surface area (Å²) >= 11 is 0. The van der Waals surface area contributed by atoms with E-state index >= 15 is 0 Å². The molecule has 2 N–H and O–H groups in total. The minimum absolute atomic E-state index is 0.0594. The highest BCUT2D eigenvalue weighted by Crippen LogP contribution is 2.31. The summed E-state index contributed by atoms with van der Waals surface area (Å²) < 4.78 is 10.6. The first-order valence-electron chi connectivity index (χ1n) is 7.56. The number of aliphatic hydroxyl groups excluding tert-OH is 1. The molecule has 0 unspecified atom stereocenters. The van der Waals surface area contributed by atoms with Crippen LogP contribution in [0.3, 0.4) is 0 Å². The second-order valence-electron chi connectivity index (χ2n) is 6.25. The number of rotatable bonds is 4. The molecule has 0 bridgehead atoms. The smallest absolute Gasteiger partial charge is 0.412 e. The Morgan fingerprint density at radius 1 is 1.25 bits per heavy atom. The Morgan fingerprint density at radius 3 is 2.62 bits per heavy atom. The molecular formula is C18H22N2O4. The molecule has 0 spiro atoms. The van der Waals surface area contributed by atoms with Crippen LogP contribution in [-0.4, -0.2) is 28.9 Å². The van der Waals surface area contributed by atoms with Crippen LogP contribution in [0.25, 0.3) is 11.3 Å². The summed E-state index contributed by atoms with van der Waals surface area (Å²) in [7, 11) is 1.55. The van der Waals surface area contributed by atoms with Gasteiger partial charge in [0.05, 0.1) is 19.4 Å². The normalized spacial score (nSPS) is 11.0. The Labute approximate surface area is 141 Å². The largest absolute Gasteiger partial charge is 0.496 e. The zero-order valence-corrected chi connectivity index (χ0v) is 14.3. The van der Waals surface area contributed by atoms with Crippen LogP contribution in [0.4, 0.5) is 10.5 Å². The number of anilines is 1. The van der Waals surface area contributed by atoms with Crippen molar-refractivity contribution in [3.05, 3.63) is 42.1 Å². The summed E-state index contributed by atoms with van der Waals surface area (Å²) in [6.45, 7) is 5.35. The molecule has 0 saturated heterocycles. The first-order chi connectivity index (χ1) is 11.3. The Kier molecular flexibility index (Phi) is 5.41. The van der Waals surface area contributed by atoms with Gasteiger partial charge in [0.2, 0.25) is 0 Å². The average Bonchev–Trinajstić information content (AvgIpc) is 2.53. The summed E-state index contributed by atoms with van der Waals surface area (Å²) in [5, 5.41) is 11.9. The lowest BCUT2D eigenvalue weighted by molar-refractivity contribution is 0.0636. The van der Waals surface area contributed by atoms with Gasteiger partial charge in [0.25, 0.3) is 0 Å². The fraction of sp³-hybridized carbons (Fsp3) is 0.333. The van der Waals surface area contributed by atoms with Gasteiger partial charge in [-0.2, -0.15) is 0 Å². The maximum Gasteiger partial charge on any atom is 0.412 e. The maximum absolute atomic E-state index is 11.9. The fourth-order valence-corrected chi connectivity index (χ4v) is 2.12. The van der Waals surface area contributed by atoms with Crippen molar-refractivity contribution in [1.82, 2.24) is 4.98 Å². The van der Waals surface area contributed by atoms with Crippen molar-refractivity contribution < 1.29 is 19.4 Å². The molecule has 1 aromatic heterocycles. The molecule has 24 heavy (non-hydrogen) atoms. The third-order valence-electron chi connectivity index (χ3n) is 3.13. The predicted octanol–water partition coefficient (Wildman–Crippen LogP) is 3.60. The minimum Gasteiger partial charge on any atom is -0.496 e. The van der Waals surface area contributed by atoms with E-state index in [0.29, 0.717) is 17.1 Å². The van der Waals surface area contributed by atoms with E-state index in [1.54, 1.807) is 64.4 Å². The lowest BCUT2D eigenvalue weighted by Crippen LogP contribution is -2.27. The van der Waals surface area contributed by atoms with E-state index in [-0.39, 0.29) is 6.61 Å². The number of hydrogen-bond donors (Lipinski definition) is 2. The zero-order valence-electron chi connectivity index (χ0n) is 14.3. The second-order valence-corrected chi connectivity index (χ2v) is 6.25. The van der Waals surface area contributed by atoms with E-state index in [1.807, 2.05) is 0 Å². The van der Waals surface area contributed by atoms with Crippen molar-refractivity contribution in [2.45, 2.75) is 33.0 Å². The number of benzene rings is 1. The van der Waals surface area contributed by atoms with Crippen LogP contribution in [0.2, 0.25) is 0 Å². The number of carbonyl (C=O) groups excluding carboxylic acids is 1. The quantitative estimate of drug-likeness (QED) is 0.895. The Bertz CT molecular complexity index is 723. The van der Waals surface area contributed by atoms with Gasteiger partial charge in [-0.15, -0.1) is 0 Å². The fourth-order valence-electron chi connectivity index (χ4n) is 2.12. The topological polar surface area (TPSA) is 80.7 Å². The van der Waals surface area contributed by atoms with Crippen molar-refractivity contribution in [2.24, 2.45) is 0 Å². The molecule has 128 valence electrons. The highest BCUT2D eigenvalue weighted by Gasteiger charge is 2.17. The Morgan fingerprint density at radius 2 is 2.00 bits per heavy atom. The van der Waals surface area contributed by atoms with Crippen molar-refractivity contribution in [3.63, 3.8) is 0 Å². The van der Waals surface area contributed by atoms with Gasteiger partial charge in [0.15, 0.2) is 0 Å². The van der Waals surface area contributed by atoms with E-state index < -0.39 is 11.7 Å². The van der Waals surface area contributed by atoms with Gasteiger partial charge in [-0.1, -0.05) is 0 Å². The van der Waals surface area contributed by atoms with Gasteiger partial charge >= 0.3 is 6.09 Å². The van der Waals surface area contributed by atoms with Crippen molar-refractivity contribution in [2.75, 3.05) is 12.4 Å². The molecule has 0 aliphatic carbocycles. The predicted molar refractivity (Wildman–Crippen MR) is 92.0 cm³/mol. The molecule has 2 aromatic rings. The number of aromatic nitrogens is 1. The zero-order chi connectivity index (χ0) is 17.7. The van der Waals surface area contributed by atoms with Crippen LogP contribution in [0.15, 0.2) is 36.5 Å². The highest BCUT2D eigenvalue weighted by molar-refractivity contribution is 5.86. The van der Waals surface area contributed by atoms with Crippen LogP contribution in [0.5, 0.6) is 5.75 Å². The first kappa shape index (κ1) is 17.7. The Balaban J connectivity index is 2.26. The number of methoxy groups -OCH3 is 1. The average molecular weight is 330 g/mol. The molecule has 1 heterocycles. The monoisotopic (exact) mass is 330 g/mol. The van der Waals surface area contributed by atoms with Gasteiger partial charge < -0.3 is 14.6 Å². The molecule has 6 nitrogen and oxygen atoms in total. The molecule has 0 aliphatic heterocycles. The SMILES string of the molecule is COc1cc(NC(=O)OC(C)(C)C)ccc1-c1cc(CO)ccn1. The number of pyridine rings is 1. The van der Waals surface area contributed by atoms with Gasteiger partial charge in [-0.25, -0.2) is 4.79 Å². The van der Waals surface area contributed by atoms with Gasteiger partial charge in [0.1, 0.15) is 11.4 Å². The molecule has 0 fully saturated rings. The molecule has 0 atom stereocenters. The number of aliphatic hydroxyl groups is 1. The van der Waals surface area contributed by atoms with E-state index in [4.69, 9.17) is 9.47 Å². The van der Waals surface area contributed by atoms with E-state index in [1.165, 1.54) is 0 Å². The molecule has 2 rings (SSSR count). The van der Waals surface area contributed by atoms with Crippen molar-refractivity contribution >= 4 is 11.8 Å². The molecule has 0 saturated carbocycles. The van der Waals surface area contributed by atoms with Crippen LogP contribution >= 0.6 is 0 Å². The number of nitrogens with one attached hydrogen (secondary N) is 1.